The third-order valence-electron chi connectivity index (χ3n) is 3.04. The third-order valence-corrected chi connectivity index (χ3v) is 3.04. The van der Waals surface area contributed by atoms with Crippen LogP contribution in [-0.4, -0.2) is 10.9 Å². The van der Waals surface area contributed by atoms with Gasteiger partial charge in [-0.15, -0.1) is 0 Å². The predicted octanol–water partition coefficient (Wildman–Crippen LogP) is 2.23. The molecule has 0 saturated carbocycles. The van der Waals surface area contributed by atoms with E-state index in [0.717, 1.165) is 25.0 Å². The molecule has 0 radical (unpaired) electrons. The van der Waals surface area contributed by atoms with E-state index in [1.165, 1.54) is 5.56 Å². The summed E-state index contributed by atoms with van der Waals surface area (Å²) in [6.07, 6.45) is 5.01. The van der Waals surface area contributed by atoms with Crippen LogP contribution in [0.2, 0.25) is 0 Å². The van der Waals surface area contributed by atoms with Crippen LogP contribution in [0.5, 0.6) is 0 Å². The number of carbonyl (C=O) groups is 1. The Hall–Kier alpha value is -1.38. The molecule has 1 aromatic rings. The van der Waals surface area contributed by atoms with E-state index in [9.17, 15) is 4.79 Å². The molecule has 1 N–H and O–H groups in total. The number of hydrogen-bond donors (Lipinski definition) is 1. The van der Waals surface area contributed by atoms with Gasteiger partial charge in [-0.25, -0.2) is 0 Å². The molecule has 1 heterocycles. The normalized spacial score (nSPS) is 19.3. The van der Waals surface area contributed by atoms with Gasteiger partial charge in [0, 0.05) is 12.1 Å². The molecule has 16 heavy (non-hydrogen) atoms. The number of carbonyl (C=O) groups excluding carboxylic acids is 1. The molecule has 1 aliphatic rings. The molecular formula is C13H18N2O. The van der Waals surface area contributed by atoms with Crippen LogP contribution in [0.4, 0.5) is 0 Å². The molecule has 0 aliphatic heterocycles. The average Bonchev–Trinajstić information content (AvgIpc) is 2.29. The number of rotatable bonds is 2. The first-order chi connectivity index (χ1) is 7.68. The number of amides is 1. The van der Waals surface area contributed by atoms with Gasteiger partial charge >= 0.3 is 0 Å². The third kappa shape index (κ3) is 2.23. The molecule has 1 aromatic heterocycles. The number of nitrogens with one attached hydrogen (secondary N) is 1. The lowest BCUT2D eigenvalue weighted by atomic mass is 9.91. The molecular weight excluding hydrogens is 200 g/mol. The summed E-state index contributed by atoms with van der Waals surface area (Å²) in [6, 6.07) is 4.18. The van der Waals surface area contributed by atoms with Crippen molar-refractivity contribution < 1.29 is 4.79 Å². The average molecular weight is 218 g/mol. The Morgan fingerprint density at radius 2 is 2.38 bits per heavy atom. The lowest BCUT2D eigenvalue weighted by Crippen LogP contribution is -2.34. The van der Waals surface area contributed by atoms with Crippen LogP contribution < -0.4 is 5.32 Å². The maximum absolute atomic E-state index is 11.7. The van der Waals surface area contributed by atoms with Crippen LogP contribution in [0.15, 0.2) is 18.3 Å². The van der Waals surface area contributed by atoms with E-state index in [0.29, 0.717) is 0 Å². The van der Waals surface area contributed by atoms with Crippen molar-refractivity contribution >= 4 is 5.91 Å². The number of nitrogens with zero attached hydrogens (tertiary/aromatic N) is 1. The first kappa shape index (κ1) is 11.1. The predicted molar refractivity (Wildman–Crippen MR) is 62.9 cm³/mol. The van der Waals surface area contributed by atoms with Crippen LogP contribution in [0, 0.1) is 5.92 Å². The van der Waals surface area contributed by atoms with E-state index in [1.54, 1.807) is 6.20 Å². The SMILES string of the molecule is CC(C)C(=O)N[C@@H]1CCCc2cccnc21. The molecule has 0 aromatic carbocycles. The monoisotopic (exact) mass is 218 g/mol. The van der Waals surface area contributed by atoms with Gasteiger partial charge in [-0.05, 0) is 30.9 Å². The van der Waals surface area contributed by atoms with Gasteiger partial charge in [0.25, 0.3) is 0 Å². The Balaban J connectivity index is 2.16. The molecule has 0 unspecified atom stereocenters. The van der Waals surface area contributed by atoms with Crippen molar-refractivity contribution in [3.8, 4) is 0 Å². The summed E-state index contributed by atoms with van der Waals surface area (Å²) in [4.78, 5) is 16.1. The smallest absolute Gasteiger partial charge is 0.223 e. The Morgan fingerprint density at radius 3 is 3.12 bits per heavy atom. The van der Waals surface area contributed by atoms with Crippen molar-refractivity contribution in [1.82, 2.24) is 10.3 Å². The largest absolute Gasteiger partial charge is 0.347 e. The van der Waals surface area contributed by atoms with Crippen molar-refractivity contribution in [2.45, 2.75) is 39.2 Å². The van der Waals surface area contributed by atoms with E-state index >= 15 is 0 Å². The van der Waals surface area contributed by atoms with Gasteiger partial charge in [0.05, 0.1) is 11.7 Å². The topological polar surface area (TPSA) is 42.0 Å². The highest BCUT2D eigenvalue weighted by atomic mass is 16.1. The summed E-state index contributed by atoms with van der Waals surface area (Å²) in [7, 11) is 0. The Morgan fingerprint density at radius 1 is 1.56 bits per heavy atom. The minimum absolute atomic E-state index is 0.0362. The van der Waals surface area contributed by atoms with E-state index in [-0.39, 0.29) is 17.9 Å². The minimum Gasteiger partial charge on any atom is -0.347 e. The van der Waals surface area contributed by atoms with E-state index in [1.807, 2.05) is 19.9 Å². The molecule has 3 heteroatoms. The van der Waals surface area contributed by atoms with E-state index < -0.39 is 0 Å². The molecule has 2 rings (SSSR count). The fourth-order valence-electron chi connectivity index (χ4n) is 2.09. The maximum atomic E-state index is 11.7. The number of hydrogen-bond acceptors (Lipinski definition) is 2. The summed E-state index contributed by atoms with van der Waals surface area (Å²) in [5.41, 5.74) is 2.34. The molecule has 3 nitrogen and oxygen atoms in total. The van der Waals surface area contributed by atoms with Crippen molar-refractivity contribution in [2.75, 3.05) is 0 Å². The first-order valence-electron chi connectivity index (χ1n) is 5.92. The second kappa shape index (κ2) is 4.64. The zero-order chi connectivity index (χ0) is 11.5. The van der Waals surface area contributed by atoms with Gasteiger partial charge in [-0.2, -0.15) is 0 Å². The molecule has 0 fully saturated rings. The fourth-order valence-corrected chi connectivity index (χ4v) is 2.09. The second-order valence-electron chi connectivity index (χ2n) is 4.66. The van der Waals surface area contributed by atoms with Crippen molar-refractivity contribution in [3.05, 3.63) is 29.6 Å². The highest BCUT2D eigenvalue weighted by Crippen LogP contribution is 2.27. The van der Waals surface area contributed by atoms with Gasteiger partial charge in [0.1, 0.15) is 0 Å². The zero-order valence-electron chi connectivity index (χ0n) is 9.86. The van der Waals surface area contributed by atoms with Gasteiger partial charge in [-0.3, -0.25) is 9.78 Å². The highest BCUT2D eigenvalue weighted by Gasteiger charge is 2.23. The Kier molecular flexibility index (Phi) is 3.22. The minimum atomic E-state index is 0.0362. The van der Waals surface area contributed by atoms with Gasteiger partial charge in [-0.1, -0.05) is 19.9 Å². The summed E-state index contributed by atoms with van der Waals surface area (Å²) in [6.45, 7) is 3.83. The van der Waals surface area contributed by atoms with Crippen molar-refractivity contribution in [1.29, 1.82) is 0 Å². The molecule has 0 saturated heterocycles. The van der Waals surface area contributed by atoms with Crippen LogP contribution in [0.3, 0.4) is 0 Å². The van der Waals surface area contributed by atoms with Crippen molar-refractivity contribution in [3.63, 3.8) is 0 Å². The van der Waals surface area contributed by atoms with Crippen LogP contribution in [0.1, 0.15) is 44.0 Å². The van der Waals surface area contributed by atoms with Crippen LogP contribution in [-0.2, 0) is 11.2 Å². The van der Waals surface area contributed by atoms with Crippen LogP contribution in [0.25, 0.3) is 0 Å². The van der Waals surface area contributed by atoms with E-state index in [2.05, 4.69) is 16.4 Å². The Bertz CT molecular complexity index is 387. The van der Waals surface area contributed by atoms with Gasteiger partial charge in [0.15, 0.2) is 0 Å². The van der Waals surface area contributed by atoms with Crippen LogP contribution >= 0.6 is 0 Å². The van der Waals surface area contributed by atoms with Gasteiger partial charge < -0.3 is 5.32 Å². The fraction of sp³-hybridized carbons (Fsp3) is 0.538. The molecule has 1 aliphatic carbocycles. The molecule has 1 amide bonds. The highest BCUT2D eigenvalue weighted by molar-refractivity contribution is 5.78. The lowest BCUT2D eigenvalue weighted by molar-refractivity contribution is -0.124. The number of aryl methyl sites for hydroxylation is 1. The van der Waals surface area contributed by atoms with Gasteiger partial charge in [0.2, 0.25) is 5.91 Å². The summed E-state index contributed by atoms with van der Waals surface area (Å²) >= 11 is 0. The molecule has 0 spiro atoms. The summed E-state index contributed by atoms with van der Waals surface area (Å²) in [5.74, 6) is 0.151. The number of fused-ring (bicyclic) bond motifs is 1. The Labute approximate surface area is 96.3 Å². The van der Waals surface area contributed by atoms with Crippen molar-refractivity contribution in [2.24, 2.45) is 5.92 Å². The molecule has 1 atom stereocenters. The summed E-state index contributed by atoms with van der Waals surface area (Å²) < 4.78 is 0. The number of aromatic nitrogens is 1. The van der Waals surface area contributed by atoms with E-state index in [4.69, 9.17) is 0 Å². The maximum Gasteiger partial charge on any atom is 0.223 e. The first-order valence-corrected chi connectivity index (χ1v) is 5.92. The molecule has 0 bridgehead atoms. The molecule has 86 valence electrons. The quantitative estimate of drug-likeness (QED) is 0.827. The second-order valence-corrected chi connectivity index (χ2v) is 4.66. The standard InChI is InChI=1S/C13H18N2O/c1-9(2)13(16)15-11-7-3-5-10-6-4-8-14-12(10)11/h4,6,8-9,11H,3,5,7H2,1-2H3,(H,15,16)/t11-/m1/s1. The summed E-state index contributed by atoms with van der Waals surface area (Å²) in [5, 5.41) is 3.07. The zero-order valence-corrected chi connectivity index (χ0v) is 9.86. The lowest BCUT2D eigenvalue weighted by Gasteiger charge is -2.25. The number of pyridine rings is 1.